The van der Waals surface area contributed by atoms with Gasteiger partial charge in [0, 0.05) is 6.07 Å². The maximum absolute atomic E-state index is 12.9. The Bertz CT molecular complexity index is 224. The molecule has 0 aliphatic rings. The highest BCUT2D eigenvalue weighted by Gasteiger charge is 2.13. The van der Waals surface area contributed by atoms with Gasteiger partial charge >= 0.3 is 0 Å². The standard InChI is InChI=1S/C7H11FN2O/c1-5-4-7(11-10-5)6(8)2-3-9/h4,6H,2-3,9H2,1H3. The van der Waals surface area contributed by atoms with E-state index in [1.54, 1.807) is 13.0 Å². The summed E-state index contributed by atoms with van der Waals surface area (Å²) >= 11 is 0. The van der Waals surface area contributed by atoms with Crippen LogP contribution >= 0.6 is 0 Å². The average molecular weight is 158 g/mol. The minimum absolute atomic E-state index is 0.271. The second-order valence-electron chi connectivity index (χ2n) is 2.42. The lowest BCUT2D eigenvalue weighted by Crippen LogP contribution is -2.02. The molecule has 1 aromatic rings. The third-order valence-electron chi connectivity index (χ3n) is 1.38. The molecule has 0 saturated carbocycles. The van der Waals surface area contributed by atoms with Crippen LogP contribution in [-0.2, 0) is 0 Å². The number of halogens is 1. The van der Waals surface area contributed by atoms with Crippen molar-refractivity contribution in [3.8, 4) is 0 Å². The van der Waals surface area contributed by atoms with E-state index in [1.807, 2.05) is 0 Å². The van der Waals surface area contributed by atoms with E-state index in [0.29, 0.717) is 12.2 Å². The molecule has 0 fully saturated rings. The first-order valence-electron chi connectivity index (χ1n) is 3.51. The van der Waals surface area contributed by atoms with Gasteiger partial charge < -0.3 is 10.3 Å². The van der Waals surface area contributed by atoms with Gasteiger partial charge in [0.15, 0.2) is 11.9 Å². The molecule has 0 radical (unpaired) electrons. The number of alkyl halides is 1. The van der Waals surface area contributed by atoms with Crippen molar-refractivity contribution in [1.82, 2.24) is 5.16 Å². The molecule has 1 unspecified atom stereocenters. The van der Waals surface area contributed by atoms with Gasteiger partial charge in [-0.2, -0.15) is 0 Å². The maximum Gasteiger partial charge on any atom is 0.171 e. The molecule has 0 amide bonds. The highest BCUT2D eigenvalue weighted by atomic mass is 19.1. The van der Waals surface area contributed by atoms with Crippen molar-refractivity contribution in [3.05, 3.63) is 17.5 Å². The summed E-state index contributed by atoms with van der Waals surface area (Å²) in [6.07, 6.45) is -0.824. The minimum Gasteiger partial charge on any atom is -0.358 e. The van der Waals surface area contributed by atoms with Gasteiger partial charge in [-0.25, -0.2) is 4.39 Å². The second-order valence-corrected chi connectivity index (χ2v) is 2.42. The van der Waals surface area contributed by atoms with E-state index in [1.165, 1.54) is 0 Å². The van der Waals surface area contributed by atoms with Crippen molar-refractivity contribution in [2.24, 2.45) is 5.73 Å². The predicted molar refractivity (Wildman–Crippen MR) is 38.8 cm³/mol. The molecule has 0 saturated heterocycles. The fourth-order valence-corrected chi connectivity index (χ4v) is 0.819. The molecule has 3 nitrogen and oxygen atoms in total. The molecule has 1 aromatic heterocycles. The largest absolute Gasteiger partial charge is 0.358 e. The molecule has 0 aliphatic carbocycles. The van der Waals surface area contributed by atoms with Crippen LogP contribution in [0.15, 0.2) is 10.6 Å². The van der Waals surface area contributed by atoms with E-state index < -0.39 is 6.17 Å². The van der Waals surface area contributed by atoms with E-state index in [-0.39, 0.29) is 12.2 Å². The normalized spacial score (nSPS) is 13.4. The van der Waals surface area contributed by atoms with Crippen molar-refractivity contribution in [2.45, 2.75) is 19.5 Å². The fourth-order valence-electron chi connectivity index (χ4n) is 0.819. The lowest BCUT2D eigenvalue weighted by atomic mass is 10.2. The van der Waals surface area contributed by atoms with Gasteiger partial charge in [-0.15, -0.1) is 0 Å². The fraction of sp³-hybridized carbons (Fsp3) is 0.571. The summed E-state index contributed by atoms with van der Waals surface area (Å²) in [5.41, 5.74) is 5.87. The van der Waals surface area contributed by atoms with Crippen LogP contribution in [0.2, 0.25) is 0 Å². The summed E-state index contributed by atoms with van der Waals surface area (Å²) in [5.74, 6) is 0.271. The third-order valence-corrected chi connectivity index (χ3v) is 1.38. The number of aryl methyl sites for hydroxylation is 1. The first-order valence-corrected chi connectivity index (χ1v) is 3.51. The summed E-state index contributed by atoms with van der Waals surface area (Å²) < 4.78 is 17.6. The van der Waals surface area contributed by atoms with Gasteiger partial charge in [0.05, 0.1) is 5.69 Å². The molecule has 0 aromatic carbocycles. The number of aromatic nitrogens is 1. The molecule has 1 heterocycles. The van der Waals surface area contributed by atoms with E-state index in [4.69, 9.17) is 10.3 Å². The van der Waals surface area contributed by atoms with E-state index in [2.05, 4.69) is 5.16 Å². The van der Waals surface area contributed by atoms with Crippen LogP contribution in [0.25, 0.3) is 0 Å². The van der Waals surface area contributed by atoms with Gasteiger partial charge in [-0.1, -0.05) is 5.16 Å². The van der Waals surface area contributed by atoms with Crippen LogP contribution in [0.4, 0.5) is 4.39 Å². The SMILES string of the molecule is Cc1cc(C(F)CCN)on1. The molecule has 62 valence electrons. The van der Waals surface area contributed by atoms with Crippen LogP contribution in [0.5, 0.6) is 0 Å². The quantitative estimate of drug-likeness (QED) is 0.722. The Morgan fingerprint density at radius 1 is 1.82 bits per heavy atom. The number of hydrogen-bond acceptors (Lipinski definition) is 3. The van der Waals surface area contributed by atoms with Crippen molar-refractivity contribution in [3.63, 3.8) is 0 Å². The smallest absolute Gasteiger partial charge is 0.171 e. The molecule has 2 N–H and O–H groups in total. The highest BCUT2D eigenvalue weighted by molar-refractivity contribution is 5.05. The monoisotopic (exact) mass is 158 g/mol. The van der Waals surface area contributed by atoms with Gasteiger partial charge in [-0.3, -0.25) is 0 Å². The Morgan fingerprint density at radius 3 is 3.00 bits per heavy atom. The zero-order chi connectivity index (χ0) is 8.27. The molecule has 11 heavy (non-hydrogen) atoms. The predicted octanol–water partition coefficient (Wildman–Crippen LogP) is 1.34. The van der Waals surface area contributed by atoms with Crippen LogP contribution < -0.4 is 5.73 Å². The van der Waals surface area contributed by atoms with E-state index in [9.17, 15) is 4.39 Å². The van der Waals surface area contributed by atoms with Gasteiger partial charge in [-0.05, 0) is 19.9 Å². The van der Waals surface area contributed by atoms with Crippen molar-refractivity contribution in [1.29, 1.82) is 0 Å². The Kier molecular flexibility index (Phi) is 2.59. The number of hydrogen-bond donors (Lipinski definition) is 1. The van der Waals surface area contributed by atoms with Crippen LogP contribution in [0, 0.1) is 6.92 Å². The molecule has 1 atom stereocenters. The Morgan fingerprint density at radius 2 is 2.55 bits per heavy atom. The van der Waals surface area contributed by atoms with Crippen LogP contribution in [0.1, 0.15) is 24.0 Å². The van der Waals surface area contributed by atoms with Crippen LogP contribution in [-0.4, -0.2) is 11.7 Å². The van der Waals surface area contributed by atoms with E-state index >= 15 is 0 Å². The highest BCUT2D eigenvalue weighted by Crippen LogP contribution is 2.20. The van der Waals surface area contributed by atoms with Gasteiger partial charge in [0.1, 0.15) is 0 Å². The zero-order valence-electron chi connectivity index (χ0n) is 6.38. The molecule has 4 heteroatoms. The van der Waals surface area contributed by atoms with Crippen molar-refractivity contribution < 1.29 is 8.91 Å². The molecule has 1 rings (SSSR count). The lowest BCUT2D eigenvalue weighted by Gasteiger charge is -1.98. The Balaban J connectivity index is 2.60. The zero-order valence-corrected chi connectivity index (χ0v) is 6.38. The van der Waals surface area contributed by atoms with Crippen molar-refractivity contribution in [2.75, 3.05) is 6.54 Å². The van der Waals surface area contributed by atoms with Crippen molar-refractivity contribution >= 4 is 0 Å². The topological polar surface area (TPSA) is 52.0 Å². The molecule has 0 bridgehead atoms. The Hall–Kier alpha value is -0.900. The molecule has 0 aliphatic heterocycles. The molecule has 0 spiro atoms. The third kappa shape index (κ3) is 2.01. The Labute approximate surface area is 64.4 Å². The average Bonchev–Trinajstić information content (AvgIpc) is 2.36. The summed E-state index contributed by atoms with van der Waals surface area (Å²) in [7, 11) is 0. The number of nitrogens with zero attached hydrogens (tertiary/aromatic N) is 1. The summed E-state index contributed by atoms with van der Waals surface area (Å²) in [4.78, 5) is 0. The molecular formula is C7H11FN2O. The molecular weight excluding hydrogens is 147 g/mol. The van der Waals surface area contributed by atoms with Gasteiger partial charge in [0.2, 0.25) is 0 Å². The summed E-state index contributed by atoms with van der Waals surface area (Å²) in [5, 5.41) is 3.56. The minimum atomic E-state index is -1.11. The lowest BCUT2D eigenvalue weighted by molar-refractivity contribution is 0.246. The first-order chi connectivity index (χ1) is 5.24. The summed E-state index contributed by atoms with van der Waals surface area (Å²) in [6, 6.07) is 1.58. The van der Waals surface area contributed by atoms with Gasteiger partial charge in [0.25, 0.3) is 0 Å². The van der Waals surface area contributed by atoms with E-state index in [0.717, 1.165) is 0 Å². The first kappa shape index (κ1) is 8.20. The summed E-state index contributed by atoms with van der Waals surface area (Å²) in [6.45, 7) is 2.07. The number of rotatable bonds is 3. The maximum atomic E-state index is 12.9. The number of nitrogens with two attached hydrogens (primary N) is 1. The second kappa shape index (κ2) is 3.48. The van der Waals surface area contributed by atoms with Crippen LogP contribution in [0.3, 0.4) is 0 Å².